The number of amides is 1. The zero-order valence-electron chi connectivity index (χ0n) is 16.5. The number of hydrazone groups is 1. The Bertz CT molecular complexity index is 953. The molecule has 29 heavy (non-hydrogen) atoms. The molecule has 0 saturated heterocycles. The first-order valence-corrected chi connectivity index (χ1v) is 9.23. The quantitative estimate of drug-likeness (QED) is 0.556. The van der Waals surface area contributed by atoms with Gasteiger partial charge in [-0.1, -0.05) is 18.2 Å². The lowest BCUT2D eigenvalue weighted by Crippen LogP contribution is -2.58. The van der Waals surface area contributed by atoms with Gasteiger partial charge in [-0.3, -0.25) is 9.59 Å². The fourth-order valence-electron chi connectivity index (χ4n) is 3.25. The molecule has 1 aliphatic heterocycles. The summed E-state index contributed by atoms with van der Waals surface area (Å²) in [4.78, 5) is 38.8. The molecule has 0 spiro atoms. The zero-order chi connectivity index (χ0) is 21.0. The summed E-state index contributed by atoms with van der Waals surface area (Å²) >= 11 is 0. The van der Waals surface area contributed by atoms with Crippen molar-refractivity contribution in [1.29, 1.82) is 0 Å². The van der Waals surface area contributed by atoms with Gasteiger partial charge in [0.05, 0.1) is 19.4 Å². The maximum absolute atomic E-state index is 13.2. The van der Waals surface area contributed by atoms with Crippen LogP contribution < -0.4 is 4.74 Å². The van der Waals surface area contributed by atoms with Crippen molar-refractivity contribution >= 4 is 23.4 Å². The second-order valence-electron chi connectivity index (χ2n) is 6.57. The molecule has 1 atom stereocenters. The Morgan fingerprint density at radius 3 is 2.28 bits per heavy atom. The molecule has 0 N–H and O–H groups in total. The van der Waals surface area contributed by atoms with E-state index < -0.39 is 23.2 Å². The number of ketones is 1. The molecule has 0 saturated carbocycles. The van der Waals surface area contributed by atoms with E-state index in [-0.39, 0.29) is 13.0 Å². The molecule has 0 aromatic heterocycles. The minimum atomic E-state index is -1.84. The van der Waals surface area contributed by atoms with Crippen LogP contribution in [0.4, 0.5) is 0 Å². The first kappa shape index (κ1) is 20.3. The summed E-state index contributed by atoms with van der Waals surface area (Å²) in [6.45, 7) is 3.00. The van der Waals surface area contributed by atoms with Gasteiger partial charge in [0.2, 0.25) is 5.54 Å². The third-order valence-electron chi connectivity index (χ3n) is 4.84. The van der Waals surface area contributed by atoms with Gasteiger partial charge in [0.15, 0.2) is 5.78 Å². The van der Waals surface area contributed by atoms with Crippen LogP contribution in [0, 0.1) is 0 Å². The van der Waals surface area contributed by atoms with Gasteiger partial charge in [-0.05, 0) is 55.8 Å². The smallest absolute Gasteiger partial charge is 0.342 e. The van der Waals surface area contributed by atoms with E-state index in [2.05, 4.69) is 5.10 Å². The number of rotatable bonds is 6. The van der Waals surface area contributed by atoms with Crippen LogP contribution in [0.1, 0.15) is 36.2 Å². The molecule has 2 aromatic rings. The Labute approximate surface area is 168 Å². The van der Waals surface area contributed by atoms with Crippen molar-refractivity contribution in [2.75, 3.05) is 13.7 Å². The first-order valence-electron chi connectivity index (χ1n) is 9.23. The molecule has 1 aliphatic rings. The van der Waals surface area contributed by atoms with Crippen LogP contribution in [-0.4, -0.2) is 47.6 Å². The van der Waals surface area contributed by atoms with Crippen molar-refractivity contribution in [3.05, 3.63) is 65.7 Å². The summed E-state index contributed by atoms with van der Waals surface area (Å²) in [5.74, 6) is -1.18. The molecule has 3 rings (SSSR count). The standard InChI is InChI=1S/C22H22N2O5/c1-4-29-21(27)22(15(2)25)14-19(16-10-12-18(28-3)13-11-16)23-24(22)20(26)17-8-6-5-7-9-17/h5-13H,4,14H2,1-3H3. The maximum atomic E-state index is 13.2. The van der Waals surface area contributed by atoms with Crippen LogP contribution in [0.5, 0.6) is 5.75 Å². The fourth-order valence-corrected chi connectivity index (χ4v) is 3.25. The summed E-state index contributed by atoms with van der Waals surface area (Å²) in [5.41, 5.74) is -0.385. The van der Waals surface area contributed by atoms with E-state index in [1.807, 2.05) is 0 Å². The third kappa shape index (κ3) is 3.63. The molecule has 0 bridgehead atoms. The Morgan fingerprint density at radius 2 is 1.72 bits per heavy atom. The molecule has 1 heterocycles. The van der Waals surface area contributed by atoms with Gasteiger partial charge in [0.1, 0.15) is 5.75 Å². The van der Waals surface area contributed by atoms with E-state index in [4.69, 9.17) is 9.47 Å². The SMILES string of the molecule is CCOC(=O)C1(C(C)=O)CC(c2ccc(OC)cc2)=NN1C(=O)c1ccccc1. The molecule has 0 aliphatic carbocycles. The summed E-state index contributed by atoms with van der Waals surface area (Å²) in [6, 6.07) is 15.4. The number of carbonyl (C=O) groups is 3. The Hall–Kier alpha value is -3.48. The number of hydrogen-bond donors (Lipinski definition) is 0. The highest BCUT2D eigenvalue weighted by molar-refractivity contribution is 6.19. The van der Waals surface area contributed by atoms with Gasteiger partial charge >= 0.3 is 5.97 Å². The second-order valence-corrected chi connectivity index (χ2v) is 6.57. The molecule has 7 nitrogen and oxygen atoms in total. The van der Waals surface area contributed by atoms with Gasteiger partial charge in [0.25, 0.3) is 5.91 Å². The van der Waals surface area contributed by atoms with Crippen molar-refractivity contribution in [3.63, 3.8) is 0 Å². The van der Waals surface area contributed by atoms with Gasteiger partial charge in [-0.25, -0.2) is 9.80 Å². The van der Waals surface area contributed by atoms with Gasteiger partial charge < -0.3 is 9.47 Å². The first-order chi connectivity index (χ1) is 13.9. The second kappa shape index (κ2) is 8.26. The van der Waals surface area contributed by atoms with Gasteiger partial charge in [-0.15, -0.1) is 0 Å². The molecule has 0 fully saturated rings. The largest absolute Gasteiger partial charge is 0.497 e. The van der Waals surface area contributed by atoms with Gasteiger partial charge in [-0.2, -0.15) is 5.10 Å². The van der Waals surface area contributed by atoms with E-state index in [9.17, 15) is 14.4 Å². The molecular formula is C22H22N2O5. The van der Waals surface area contributed by atoms with Crippen LogP contribution in [0.3, 0.4) is 0 Å². The van der Waals surface area contributed by atoms with Crippen molar-refractivity contribution < 1.29 is 23.9 Å². The normalized spacial score (nSPS) is 18.2. The van der Waals surface area contributed by atoms with E-state index in [0.717, 1.165) is 5.01 Å². The molecule has 7 heteroatoms. The predicted molar refractivity (Wildman–Crippen MR) is 107 cm³/mol. The van der Waals surface area contributed by atoms with E-state index in [1.165, 1.54) is 6.92 Å². The number of hydrogen-bond acceptors (Lipinski definition) is 6. The summed E-state index contributed by atoms with van der Waals surface area (Å²) in [6.07, 6.45) is -0.0634. The number of benzene rings is 2. The van der Waals surface area contributed by atoms with Gasteiger partial charge in [0, 0.05) is 12.0 Å². The number of nitrogens with zero attached hydrogens (tertiary/aromatic N) is 2. The van der Waals surface area contributed by atoms with E-state index >= 15 is 0 Å². The van der Waals surface area contributed by atoms with E-state index in [0.29, 0.717) is 22.6 Å². The molecule has 0 radical (unpaired) electrons. The van der Waals surface area contributed by atoms with E-state index in [1.54, 1.807) is 68.6 Å². The van der Waals surface area contributed by atoms with Crippen molar-refractivity contribution in [2.45, 2.75) is 25.8 Å². The highest BCUT2D eigenvalue weighted by Gasteiger charge is 2.57. The lowest BCUT2D eigenvalue weighted by Gasteiger charge is -2.31. The topological polar surface area (TPSA) is 85.3 Å². The van der Waals surface area contributed by atoms with Crippen LogP contribution in [-0.2, 0) is 14.3 Å². The number of esters is 1. The average Bonchev–Trinajstić information content (AvgIpc) is 3.16. The lowest BCUT2D eigenvalue weighted by molar-refractivity contribution is -0.159. The number of carbonyl (C=O) groups excluding carboxylic acids is 3. The number of Topliss-reactive ketones (excluding diaryl/α,β-unsaturated/α-hetero) is 1. The summed E-state index contributed by atoms with van der Waals surface area (Å²) in [5, 5.41) is 5.38. The highest BCUT2D eigenvalue weighted by Crippen LogP contribution is 2.34. The number of methoxy groups -OCH3 is 1. The number of ether oxygens (including phenoxy) is 2. The molecule has 1 amide bonds. The summed E-state index contributed by atoms with van der Waals surface area (Å²) < 4.78 is 10.3. The average molecular weight is 394 g/mol. The Kier molecular flexibility index (Phi) is 5.77. The Morgan fingerprint density at radius 1 is 1.07 bits per heavy atom. The molecule has 2 aromatic carbocycles. The minimum absolute atomic E-state index is 0.0634. The maximum Gasteiger partial charge on any atom is 0.342 e. The van der Waals surface area contributed by atoms with Crippen LogP contribution in [0.15, 0.2) is 59.7 Å². The minimum Gasteiger partial charge on any atom is -0.497 e. The predicted octanol–water partition coefficient (Wildman–Crippen LogP) is 2.84. The molecular weight excluding hydrogens is 372 g/mol. The Balaban J connectivity index is 2.10. The highest BCUT2D eigenvalue weighted by atomic mass is 16.5. The lowest BCUT2D eigenvalue weighted by atomic mass is 9.87. The monoisotopic (exact) mass is 394 g/mol. The summed E-state index contributed by atoms with van der Waals surface area (Å²) in [7, 11) is 1.56. The zero-order valence-corrected chi connectivity index (χ0v) is 16.5. The van der Waals surface area contributed by atoms with Crippen molar-refractivity contribution in [1.82, 2.24) is 5.01 Å². The van der Waals surface area contributed by atoms with Crippen LogP contribution in [0.2, 0.25) is 0 Å². The van der Waals surface area contributed by atoms with Crippen LogP contribution >= 0.6 is 0 Å². The molecule has 1 unspecified atom stereocenters. The third-order valence-corrected chi connectivity index (χ3v) is 4.84. The fraction of sp³-hybridized carbons (Fsp3) is 0.273. The van der Waals surface area contributed by atoms with Crippen molar-refractivity contribution in [2.24, 2.45) is 5.10 Å². The molecule has 150 valence electrons. The van der Waals surface area contributed by atoms with Crippen LogP contribution in [0.25, 0.3) is 0 Å². The van der Waals surface area contributed by atoms with Crippen molar-refractivity contribution in [3.8, 4) is 5.75 Å².